The van der Waals surface area contributed by atoms with Gasteiger partial charge in [-0.25, -0.2) is 4.79 Å². The molecule has 3 aromatic heterocycles. The second-order valence-electron chi connectivity index (χ2n) is 6.47. The van der Waals surface area contributed by atoms with Gasteiger partial charge in [-0.05, 0) is 25.3 Å². The minimum atomic E-state index is -0.436. The third-order valence-electron chi connectivity index (χ3n) is 4.57. The van der Waals surface area contributed by atoms with Crippen LogP contribution in [0.25, 0.3) is 0 Å². The molecule has 0 radical (unpaired) electrons. The fraction of sp³-hybridized carbons (Fsp3) is 0.211. The standard InChI is InChI=1S/C19H18N4O4S2/c1-8-7-11(23-27-8)22-17(24)16-15(20)14-13(10-5-4-6-28-10)12(19(25)26-3)9(2)21-18(14)29-16/h4-7,13,21H,20H2,1-3H3,(H,22,23,24)/t13-/m0/s1. The molecule has 0 bridgehead atoms. The van der Waals surface area contributed by atoms with Crippen LogP contribution in [0.1, 0.15) is 38.7 Å². The summed E-state index contributed by atoms with van der Waals surface area (Å²) in [5.74, 6) is -0.343. The average Bonchev–Trinajstić information content (AvgIpc) is 3.41. The van der Waals surface area contributed by atoms with Gasteiger partial charge in [-0.2, -0.15) is 0 Å². The second-order valence-corrected chi connectivity index (χ2v) is 8.47. The van der Waals surface area contributed by atoms with E-state index in [0.717, 1.165) is 9.88 Å². The van der Waals surface area contributed by atoms with Crippen molar-refractivity contribution < 1.29 is 18.8 Å². The van der Waals surface area contributed by atoms with E-state index in [9.17, 15) is 9.59 Å². The first-order valence-corrected chi connectivity index (χ1v) is 10.4. The number of aromatic nitrogens is 1. The van der Waals surface area contributed by atoms with Gasteiger partial charge in [-0.15, -0.1) is 22.7 Å². The molecule has 10 heteroatoms. The number of rotatable bonds is 4. The number of nitrogens with zero attached hydrogens (tertiary/aromatic N) is 1. The maximum atomic E-state index is 12.8. The van der Waals surface area contributed by atoms with Crippen LogP contribution in [0, 0.1) is 6.92 Å². The van der Waals surface area contributed by atoms with Gasteiger partial charge in [0, 0.05) is 22.2 Å². The Morgan fingerprint density at radius 3 is 2.79 bits per heavy atom. The average molecular weight is 431 g/mol. The molecule has 0 saturated heterocycles. The van der Waals surface area contributed by atoms with E-state index in [1.54, 1.807) is 13.0 Å². The summed E-state index contributed by atoms with van der Waals surface area (Å²) in [5, 5.41) is 12.3. The Hall–Kier alpha value is -3.11. The van der Waals surface area contributed by atoms with Crippen molar-refractivity contribution in [2.45, 2.75) is 19.8 Å². The first-order chi connectivity index (χ1) is 13.9. The molecule has 29 heavy (non-hydrogen) atoms. The van der Waals surface area contributed by atoms with Crippen molar-refractivity contribution in [3.8, 4) is 0 Å². The predicted molar refractivity (Wildman–Crippen MR) is 112 cm³/mol. The molecule has 1 aliphatic heterocycles. The van der Waals surface area contributed by atoms with Gasteiger partial charge >= 0.3 is 5.97 Å². The van der Waals surface area contributed by atoms with Crippen molar-refractivity contribution in [1.29, 1.82) is 0 Å². The number of hydrogen-bond donors (Lipinski definition) is 3. The third-order valence-corrected chi connectivity index (χ3v) is 6.65. The van der Waals surface area contributed by atoms with Crippen LogP contribution in [-0.2, 0) is 9.53 Å². The van der Waals surface area contributed by atoms with E-state index in [1.165, 1.54) is 29.8 Å². The Morgan fingerprint density at radius 1 is 1.38 bits per heavy atom. The summed E-state index contributed by atoms with van der Waals surface area (Å²) in [6.45, 7) is 3.54. The molecule has 4 rings (SSSR count). The van der Waals surface area contributed by atoms with Crippen LogP contribution in [0.5, 0.6) is 0 Å². The van der Waals surface area contributed by atoms with Gasteiger partial charge in [0.2, 0.25) is 0 Å². The van der Waals surface area contributed by atoms with E-state index in [1.807, 2.05) is 24.4 Å². The summed E-state index contributed by atoms with van der Waals surface area (Å²) in [4.78, 5) is 26.6. The number of nitrogens with one attached hydrogen (secondary N) is 2. The maximum absolute atomic E-state index is 12.8. The Bertz CT molecular complexity index is 1130. The lowest BCUT2D eigenvalue weighted by molar-refractivity contribution is -0.136. The molecule has 0 aliphatic carbocycles. The molecule has 8 nitrogen and oxygen atoms in total. The quantitative estimate of drug-likeness (QED) is 0.536. The normalized spacial score (nSPS) is 15.6. The molecule has 3 aromatic rings. The SMILES string of the molecule is COC(=O)C1=C(C)Nc2sc(C(=O)Nc3cc(C)on3)c(N)c2[C@H]1c1cccs1. The first kappa shape index (κ1) is 19.2. The number of ether oxygens (including phenoxy) is 1. The van der Waals surface area contributed by atoms with Crippen LogP contribution in [0.15, 0.2) is 39.4 Å². The molecule has 150 valence electrons. The number of nitrogen functional groups attached to an aromatic ring is 1. The fourth-order valence-corrected chi connectivity index (χ4v) is 5.28. The number of hydrogen-bond acceptors (Lipinski definition) is 9. The van der Waals surface area contributed by atoms with Crippen LogP contribution in [0.2, 0.25) is 0 Å². The monoisotopic (exact) mass is 430 g/mol. The number of nitrogens with two attached hydrogens (primary N) is 1. The molecule has 0 unspecified atom stereocenters. The maximum Gasteiger partial charge on any atom is 0.336 e. The Kier molecular flexibility index (Phi) is 4.89. The number of amides is 1. The minimum Gasteiger partial charge on any atom is -0.466 e. The van der Waals surface area contributed by atoms with Gasteiger partial charge in [-0.3, -0.25) is 4.79 Å². The number of esters is 1. The second kappa shape index (κ2) is 7.37. The zero-order chi connectivity index (χ0) is 20.7. The van der Waals surface area contributed by atoms with Gasteiger partial charge in [0.05, 0.1) is 29.3 Å². The minimum absolute atomic E-state index is 0.311. The Morgan fingerprint density at radius 2 is 2.17 bits per heavy atom. The molecular formula is C19H18N4O4S2. The van der Waals surface area contributed by atoms with Crippen molar-refractivity contribution >= 4 is 51.1 Å². The summed E-state index contributed by atoms with van der Waals surface area (Å²) in [7, 11) is 1.35. The van der Waals surface area contributed by atoms with Gasteiger partial charge < -0.3 is 25.6 Å². The number of anilines is 3. The molecule has 1 aliphatic rings. The van der Waals surface area contributed by atoms with Crippen molar-refractivity contribution in [2.75, 3.05) is 23.5 Å². The zero-order valence-corrected chi connectivity index (χ0v) is 17.5. The van der Waals surface area contributed by atoms with E-state index in [4.69, 9.17) is 15.0 Å². The lowest BCUT2D eigenvalue weighted by Gasteiger charge is -2.27. The number of carbonyl (C=O) groups excluding carboxylic acids is 2. The highest BCUT2D eigenvalue weighted by Crippen LogP contribution is 2.51. The van der Waals surface area contributed by atoms with Crippen LogP contribution < -0.4 is 16.4 Å². The molecule has 1 atom stereocenters. The molecule has 0 saturated carbocycles. The first-order valence-electron chi connectivity index (χ1n) is 8.67. The van der Waals surface area contributed by atoms with Crippen LogP contribution in [-0.4, -0.2) is 24.1 Å². The van der Waals surface area contributed by atoms with E-state index in [0.29, 0.717) is 39.0 Å². The summed E-state index contributed by atoms with van der Waals surface area (Å²) >= 11 is 2.75. The number of methoxy groups -OCH3 is 1. The lowest BCUT2D eigenvalue weighted by atomic mass is 9.86. The van der Waals surface area contributed by atoms with Crippen LogP contribution in [0.3, 0.4) is 0 Å². The predicted octanol–water partition coefficient (Wildman–Crippen LogP) is 3.94. The van der Waals surface area contributed by atoms with Gasteiger partial charge in [-0.1, -0.05) is 11.2 Å². The van der Waals surface area contributed by atoms with Crippen molar-refractivity contribution in [2.24, 2.45) is 0 Å². The summed E-state index contributed by atoms with van der Waals surface area (Å²) in [5.41, 5.74) is 8.59. The van der Waals surface area contributed by atoms with Crippen LogP contribution >= 0.6 is 22.7 Å². The van der Waals surface area contributed by atoms with Gasteiger partial charge in [0.15, 0.2) is 5.82 Å². The summed E-state index contributed by atoms with van der Waals surface area (Å²) in [6.07, 6.45) is 0. The smallest absolute Gasteiger partial charge is 0.336 e. The van der Waals surface area contributed by atoms with E-state index in [-0.39, 0.29) is 5.91 Å². The van der Waals surface area contributed by atoms with Crippen molar-refractivity contribution in [1.82, 2.24) is 5.16 Å². The molecule has 0 spiro atoms. The zero-order valence-electron chi connectivity index (χ0n) is 15.9. The lowest BCUT2D eigenvalue weighted by Crippen LogP contribution is -2.23. The van der Waals surface area contributed by atoms with E-state index >= 15 is 0 Å². The topological polar surface area (TPSA) is 119 Å². The largest absolute Gasteiger partial charge is 0.466 e. The van der Waals surface area contributed by atoms with Crippen molar-refractivity contribution in [3.63, 3.8) is 0 Å². The summed E-state index contributed by atoms with van der Waals surface area (Å²) < 4.78 is 10.00. The number of carbonyl (C=O) groups is 2. The fourth-order valence-electron chi connectivity index (χ4n) is 3.32. The van der Waals surface area contributed by atoms with E-state index in [2.05, 4.69) is 15.8 Å². The highest BCUT2D eigenvalue weighted by atomic mass is 32.1. The molecule has 0 aromatic carbocycles. The van der Waals surface area contributed by atoms with Crippen LogP contribution in [0.4, 0.5) is 16.5 Å². The molecular weight excluding hydrogens is 412 g/mol. The van der Waals surface area contributed by atoms with Gasteiger partial charge in [0.25, 0.3) is 5.91 Å². The van der Waals surface area contributed by atoms with Crippen molar-refractivity contribution in [3.05, 3.63) is 55.9 Å². The molecule has 4 N–H and O–H groups in total. The Balaban J connectivity index is 1.79. The number of allylic oxidation sites excluding steroid dienone is 1. The molecule has 1 amide bonds. The molecule has 4 heterocycles. The van der Waals surface area contributed by atoms with Gasteiger partial charge in [0.1, 0.15) is 10.6 Å². The third kappa shape index (κ3) is 3.30. The number of fused-ring (bicyclic) bond motifs is 1. The summed E-state index contributed by atoms with van der Waals surface area (Å²) in [6, 6.07) is 5.47. The molecule has 0 fully saturated rings. The highest BCUT2D eigenvalue weighted by molar-refractivity contribution is 7.19. The Labute approximate surface area is 174 Å². The number of aryl methyl sites for hydroxylation is 1. The number of thiophene rings is 2. The highest BCUT2D eigenvalue weighted by Gasteiger charge is 2.38. The van der Waals surface area contributed by atoms with E-state index < -0.39 is 11.9 Å².